The van der Waals surface area contributed by atoms with Crippen LogP contribution < -0.4 is 30.4 Å². The summed E-state index contributed by atoms with van der Waals surface area (Å²) >= 11 is 0. The molecule has 0 unspecified atom stereocenters. The normalized spacial score (nSPS) is 13.1. The van der Waals surface area contributed by atoms with E-state index in [1.54, 1.807) is 0 Å². The molecule has 246 valence electrons. The first-order valence-electron chi connectivity index (χ1n) is 17.4. The molecule has 0 radical (unpaired) electrons. The average Bonchev–Trinajstić information content (AvgIpc) is 3.60. The largest absolute Gasteiger partial charge is 0.457 e. The molecule has 10 rings (SSSR count). The Labute approximate surface area is 302 Å². The molecule has 6 aromatic carbocycles. The first kappa shape index (κ1) is 30.1. The highest BCUT2D eigenvalue weighted by molar-refractivity contribution is 7.22. The lowest BCUT2D eigenvalue weighted by Gasteiger charge is -2.44. The number of aromatic nitrogens is 2. The number of furan rings is 1. The summed E-state index contributed by atoms with van der Waals surface area (Å²) in [6.07, 6.45) is 3.66. The molecule has 0 bridgehead atoms. The van der Waals surface area contributed by atoms with E-state index in [0.29, 0.717) is 0 Å². The Morgan fingerprint density at radius 2 is 1.23 bits per heavy atom. The molecule has 5 nitrogen and oxygen atoms in total. The molecule has 0 N–H and O–H groups in total. The quantitative estimate of drug-likeness (QED) is 0.164. The van der Waals surface area contributed by atoms with Crippen LogP contribution >= 0.6 is 0 Å². The molecule has 0 spiro atoms. The van der Waals surface area contributed by atoms with Crippen molar-refractivity contribution >= 4 is 68.0 Å². The van der Waals surface area contributed by atoms with Gasteiger partial charge in [0.25, 0.3) is 0 Å². The molecule has 52 heavy (non-hydrogen) atoms. The van der Waals surface area contributed by atoms with Gasteiger partial charge < -0.3 is 9.15 Å². The molecule has 0 saturated carbocycles. The monoisotopic (exact) mass is 685 g/mol. The van der Waals surface area contributed by atoms with Gasteiger partial charge in [-0.15, -0.1) is 0 Å². The summed E-state index contributed by atoms with van der Waals surface area (Å²) in [6.45, 7) is 0. The Balaban J connectivity index is 1.28. The van der Waals surface area contributed by atoms with Gasteiger partial charge in [-0.1, -0.05) is 109 Å². The Bertz CT molecular complexity index is 2680. The van der Waals surface area contributed by atoms with E-state index in [2.05, 4.69) is 131 Å². The predicted octanol–water partition coefficient (Wildman–Crippen LogP) is 9.00. The molecule has 6 heteroatoms. The highest BCUT2D eigenvalue weighted by atomic mass is 28.3. The van der Waals surface area contributed by atoms with Gasteiger partial charge in [-0.3, -0.25) is 9.88 Å². The van der Waals surface area contributed by atoms with Crippen LogP contribution in [0.3, 0.4) is 0 Å². The van der Waals surface area contributed by atoms with E-state index in [0.717, 1.165) is 61.9 Å². The van der Waals surface area contributed by atoms with Crippen LogP contribution in [0.5, 0.6) is 11.5 Å². The molecular weight excluding hydrogens is 655 g/mol. The van der Waals surface area contributed by atoms with E-state index in [4.69, 9.17) is 14.1 Å². The van der Waals surface area contributed by atoms with E-state index in [-0.39, 0.29) is 0 Å². The average molecular weight is 686 g/mol. The number of ether oxygens (including phenoxy) is 1. The number of nitrogens with zero attached hydrogens (tertiary/aromatic N) is 3. The number of para-hydroxylation sites is 1. The van der Waals surface area contributed by atoms with Crippen molar-refractivity contribution in [3.05, 3.63) is 188 Å². The summed E-state index contributed by atoms with van der Waals surface area (Å²) in [4.78, 5) is 11.8. The SMILES string of the molecule is c1ccc([Si]2(c3ccccc3)c3ccc(Oc4cccc(-c5ccccn5)c4)cc3N(c3ccccn3)c3ccc4c(oc5ccccc54)c32)cc1. The number of rotatable bonds is 6. The minimum atomic E-state index is -3.07. The maximum atomic E-state index is 6.96. The Kier molecular flexibility index (Phi) is 7.08. The third-order valence-corrected chi connectivity index (χ3v) is 14.9. The second-order valence-corrected chi connectivity index (χ2v) is 16.7. The Hall–Kier alpha value is -6.76. The number of fused-ring (bicyclic) bond motifs is 6. The summed E-state index contributed by atoms with van der Waals surface area (Å²) in [5.74, 6) is 2.29. The van der Waals surface area contributed by atoms with Crippen LogP contribution in [-0.4, -0.2) is 18.0 Å². The van der Waals surface area contributed by atoms with Gasteiger partial charge in [0.2, 0.25) is 0 Å². The van der Waals surface area contributed by atoms with E-state index in [1.807, 2.05) is 67.0 Å². The number of pyridine rings is 2. The maximum absolute atomic E-state index is 6.96. The minimum Gasteiger partial charge on any atom is -0.457 e. The molecule has 4 heterocycles. The fourth-order valence-electron chi connectivity index (χ4n) is 7.93. The van der Waals surface area contributed by atoms with Crippen molar-refractivity contribution in [2.45, 2.75) is 0 Å². The van der Waals surface area contributed by atoms with Gasteiger partial charge in [0.05, 0.1) is 17.1 Å². The van der Waals surface area contributed by atoms with Crippen LogP contribution in [0.15, 0.2) is 193 Å². The van der Waals surface area contributed by atoms with Gasteiger partial charge in [0.1, 0.15) is 28.5 Å². The first-order valence-corrected chi connectivity index (χ1v) is 19.4. The lowest BCUT2D eigenvalue weighted by atomic mass is 10.1. The summed E-state index contributed by atoms with van der Waals surface area (Å²) in [7, 11) is -3.07. The molecule has 9 aromatic rings. The lowest BCUT2D eigenvalue weighted by Crippen LogP contribution is -2.77. The standard InChI is InChI=1S/C46H31N3O2Si/c1-3-16-35(17-4-1)52(36-18-5-2-6-19-36)43-27-24-34(50-33-15-13-14-32(30-33)39-21-9-11-28-47-39)31-41(43)49(44-23-10-12-29-48-44)40-26-25-38-37-20-7-8-22-42(37)51-45(38)46(40)52/h1-31H. The van der Waals surface area contributed by atoms with Gasteiger partial charge in [-0.2, -0.15) is 0 Å². The zero-order chi connectivity index (χ0) is 34.5. The molecule has 0 saturated heterocycles. The fraction of sp³-hybridized carbons (Fsp3) is 0. The third kappa shape index (κ3) is 4.69. The van der Waals surface area contributed by atoms with E-state index >= 15 is 0 Å². The predicted molar refractivity (Wildman–Crippen MR) is 213 cm³/mol. The van der Waals surface area contributed by atoms with E-state index in [9.17, 15) is 0 Å². The number of benzene rings is 6. The fourth-order valence-corrected chi connectivity index (χ4v) is 13.1. The lowest BCUT2D eigenvalue weighted by molar-refractivity contribution is 0.483. The number of hydrogen-bond donors (Lipinski definition) is 0. The van der Waals surface area contributed by atoms with E-state index < -0.39 is 8.07 Å². The first-order chi connectivity index (χ1) is 25.8. The molecule has 1 aliphatic heterocycles. The maximum Gasteiger partial charge on any atom is 0.188 e. The molecule has 0 fully saturated rings. The van der Waals surface area contributed by atoms with Crippen molar-refractivity contribution in [2.75, 3.05) is 4.90 Å². The Morgan fingerprint density at radius 3 is 1.98 bits per heavy atom. The van der Waals surface area contributed by atoms with Gasteiger partial charge >= 0.3 is 0 Å². The van der Waals surface area contributed by atoms with Gasteiger partial charge in [0, 0.05) is 40.0 Å². The summed E-state index contributed by atoms with van der Waals surface area (Å²) in [5, 5.41) is 7.19. The highest BCUT2D eigenvalue weighted by Gasteiger charge is 2.51. The molecule has 0 atom stereocenters. The molecule has 0 aliphatic carbocycles. The topological polar surface area (TPSA) is 51.4 Å². The smallest absolute Gasteiger partial charge is 0.188 e. The van der Waals surface area contributed by atoms with Gasteiger partial charge in [-0.25, -0.2) is 4.98 Å². The number of hydrogen-bond acceptors (Lipinski definition) is 5. The van der Waals surface area contributed by atoms with Crippen molar-refractivity contribution in [1.29, 1.82) is 0 Å². The zero-order valence-electron chi connectivity index (χ0n) is 28.1. The molecule has 3 aromatic heterocycles. The van der Waals surface area contributed by atoms with Crippen LogP contribution in [0.4, 0.5) is 17.2 Å². The van der Waals surface area contributed by atoms with Crippen LogP contribution in [0.1, 0.15) is 0 Å². The van der Waals surface area contributed by atoms with Crippen molar-refractivity contribution in [3.63, 3.8) is 0 Å². The molecular formula is C46H31N3O2Si. The summed E-state index contributed by atoms with van der Waals surface area (Å²) in [5.41, 5.74) is 5.76. The highest BCUT2D eigenvalue weighted by Crippen LogP contribution is 2.42. The second kappa shape index (κ2) is 12.2. The number of anilines is 3. The van der Waals surface area contributed by atoms with Gasteiger partial charge in [0.15, 0.2) is 8.07 Å². The van der Waals surface area contributed by atoms with E-state index in [1.165, 1.54) is 20.7 Å². The zero-order valence-corrected chi connectivity index (χ0v) is 29.1. The van der Waals surface area contributed by atoms with Crippen molar-refractivity contribution in [2.24, 2.45) is 0 Å². The van der Waals surface area contributed by atoms with Crippen LogP contribution in [0.2, 0.25) is 0 Å². The molecule has 1 aliphatic rings. The van der Waals surface area contributed by atoms with Gasteiger partial charge in [-0.05, 0) is 76.2 Å². The minimum absolute atomic E-state index is 0.732. The van der Waals surface area contributed by atoms with Crippen LogP contribution in [0, 0.1) is 0 Å². The molecule has 0 amide bonds. The third-order valence-electron chi connectivity index (χ3n) is 10.1. The van der Waals surface area contributed by atoms with Crippen LogP contribution in [0.25, 0.3) is 33.2 Å². The Morgan fingerprint density at radius 1 is 0.519 bits per heavy atom. The van der Waals surface area contributed by atoms with Crippen molar-refractivity contribution < 1.29 is 9.15 Å². The van der Waals surface area contributed by atoms with Crippen molar-refractivity contribution in [1.82, 2.24) is 9.97 Å². The second-order valence-electron chi connectivity index (χ2n) is 13.0. The summed E-state index contributed by atoms with van der Waals surface area (Å²) < 4.78 is 13.6. The summed E-state index contributed by atoms with van der Waals surface area (Å²) in [6, 6.07) is 61.4. The van der Waals surface area contributed by atoms with Crippen molar-refractivity contribution in [3.8, 4) is 22.8 Å². The van der Waals surface area contributed by atoms with Crippen LogP contribution in [-0.2, 0) is 0 Å².